The molecule has 0 radical (unpaired) electrons. The fourth-order valence-electron chi connectivity index (χ4n) is 3.51. The number of hydrogen-bond donors (Lipinski definition) is 0. The Morgan fingerprint density at radius 2 is 1.82 bits per heavy atom. The van der Waals surface area contributed by atoms with Crippen molar-refractivity contribution in [1.82, 2.24) is 14.5 Å². The van der Waals surface area contributed by atoms with Gasteiger partial charge in [-0.05, 0) is 42.8 Å². The van der Waals surface area contributed by atoms with Gasteiger partial charge >= 0.3 is 0 Å². The number of aromatic nitrogens is 2. The number of hydrogen-bond acceptors (Lipinski definition) is 6. The zero-order valence-electron chi connectivity index (χ0n) is 19.4. The first-order chi connectivity index (χ1) is 16.3. The van der Waals surface area contributed by atoms with E-state index in [4.69, 9.17) is 21.1 Å². The van der Waals surface area contributed by atoms with E-state index in [-0.39, 0.29) is 36.5 Å². The predicted molar refractivity (Wildman–Crippen MR) is 130 cm³/mol. The molecule has 0 bridgehead atoms. The van der Waals surface area contributed by atoms with Crippen LogP contribution in [0.3, 0.4) is 0 Å². The summed E-state index contributed by atoms with van der Waals surface area (Å²) in [5, 5.41) is 0.302. The molecular weight excluding hydrogens is 478 g/mol. The van der Waals surface area contributed by atoms with Crippen LogP contribution in [0.1, 0.15) is 28.5 Å². The maximum Gasteiger partial charge on any atom is 0.254 e. The number of carbonyl (C=O) groups excluding carboxylic acids is 1. The molecule has 3 rings (SSSR count). The molecule has 0 unspecified atom stereocenters. The number of rotatable bonds is 11. The maximum absolute atomic E-state index is 13.2. The van der Waals surface area contributed by atoms with Gasteiger partial charge in [-0.3, -0.25) is 4.79 Å². The van der Waals surface area contributed by atoms with E-state index in [0.29, 0.717) is 34.1 Å². The number of amides is 1. The molecule has 0 atom stereocenters. The summed E-state index contributed by atoms with van der Waals surface area (Å²) in [5.74, 6) is 0.203. The molecule has 0 aliphatic rings. The SMILES string of the molecule is CCN(Cc1cnc(S(=O)(=O)Cc2ccccc2Cl)n1CCOC)C(=O)c1ccc(OC)cc1. The number of imidazole rings is 1. The summed E-state index contributed by atoms with van der Waals surface area (Å²) < 4.78 is 38.4. The predicted octanol–water partition coefficient (Wildman–Crippen LogP) is 3.83. The summed E-state index contributed by atoms with van der Waals surface area (Å²) in [6, 6.07) is 13.7. The lowest BCUT2D eigenvalue weighted by molar-refractivity contribution is 0.0747. The molecule has 0 fully saturated rings. The van der Waals surface area contributed by atoms with Crippen molar-refractivity contribution in [3.05, 3.63) is 76.6 Å². The van der Waals surface area contributed by atoms with Gasteiger partial charge in [0.2, 0.25) is 15.0 Å². The average molecular weight is 506 g/mol. The van der Waals surface area contributed by atoms with Crippen LogP contribution in [0, 0.1) is 0 Å². The number of nitrogens with zero attached hydrogens (tertiary/aromatic N) is 3. The van der Waals surface area contributed by atoms with E-state index in [2.05, 4.69) is 4.98 Å². The number of ether oxygens (including phenoxy) is 2. The lowest BCUT2D eigenvalue weighted by Gasteiger charge is -2.22. The Balaban J connectivity index is 1.90. The van der Waals surface area contributed by atoms with Crippen LogP contribution < -0.4 is 4.74 Å². The molecule has 0 spiro atoms. The molecule has 0 saturated carbocycles. The van der Waals surface area contributed by atoms with Gasteiger partial charge in [-0.2, -0.15) is 0 Å². The van der Waals surface area contributed by atoms with Crippen LogP contribution >= 0.6 is 11.6 Å². The monoisotopic (exact) mass is 505 g/mol. The molecule has 0 aliphatic carbocycles. The van der Waals surface area contributed by atoms with Crippen LogP contribution in [0.25, 0.3) is 0 Å². The largest absolute Gasteiger partial charge is 0.497 e. The highest BCUT2D eigenvalue weighted by Crippen LogP contribution is 2.23. The highest BCUT2D eigenvalue weighted by Gasteiger charge is 2.26. The van der Waals surface area contributed by atoms with Gasteiger partial charge in [-0.15, -0.1) is 0 Å². The summed E-state index contributed by atoms with van der Waals surface area (Å²) in [4.78, 5) is 18.9. The molecule has 182 valence electrons. The van der Waals surface area contributed by atoms with Crippen LogP contribution in [-0.4, -0.2) is 56.1 Å². The topological polar surface area (TPSA) is 90.7 Å². The summed E-state index contributed by atoms with van der Waals surface area (Å²) in [7, 11) is -0.699. The number of halogens is 1. The van der Waals surface area contributed by atoms with Gasteiger partial charge in [0.25, 0.3) is 5.91 Å². The van der Waals surface area contributed by atoms with Crippen LogP contribution in [0.15, 0.2) is 59.9 Å². The van der Waals surface area contributed by atoms with Crippen molar-refractivity contribution in [1.29, 1.82) is 0 Å². The van der Waals surface area contributed by atoms with E-state index >= 15 is 0 Å². The summed E-state index contributed by atoms with van der Waals surface area (Å²) >= 11 is 6.18. The fourth-order valence-corrected chi connectivity index (χ4v) is 5.34. The molecule has 0 N–H and O–H groups in total. The van der Waals surface area contributed by atoms with E-state index in [9.17, 15) is 13.2 Å². The van der Waals surface area contributed by atoms with Crippen molar-refractivity contribution in [2.24, 2.45) is 0 Å². The van der Waals surface area contributed by atoms with Crippen LogP contribution in [0.5, 0.6) is 5.75 Å². The Hall–Kier alpha value is -2.88. The van der Waals surface area contributed by atoms with E-state index < -0.39 is 9.84 Å². The van der Waals surface area contributed by atoms with Crippen LogP contribution in [0.4, 0.5) is 0 Å². The van der Waals surface area contributed by atoms with E-state index in [1.165, 1.54) is 6.20 Å². The summed E-state index contributed by atoms with van der Waals surface area (Å²) in [6.07, 6.45) is 1.50. The second-order valence-corrected chi connectivity index (χ2v) is 9.87. The van der Waals surface area contributed by atoms with Gasteiger partial charge in [-0.1, -0.05) is 29.8 Å². The number of benzene rings is 2. The molecular formula is C24H28ClN3O5S. The van der Waals surface area contributed by atoms with Crippen LogP contribution in [0.2, 0.25) is 5.02 Å². The smallest absolute Gasteiger partial charge is 0.254 e. The van der Waals surface area contributed by atoms with Gasteiger partial charge in [0.1, 0.15) is 5.75 Å². The molecule has 3 aromatic rings. The molecule has 34 heavy (non-hydrogen) atoms. The minimum absolute atomic E-state index is 0.0765. The van der Waals surface area contributed by atoms with Gasteiger partial charge < -0.3 is 18.9 Å². The van der Waals surface area contributed by atoms with Crippen molar-refractivity contribution in [3.63, 3.8) is 0 Å². The molecule has 1 amide bonds. The molecule has 8 nitrogen and oxygen atoms in total. The Labute approximate surface area is 205 Å². The molecule has 1 heterocycles. The van der Waals surface area contributed by atoms with E-state index in [1.807, 2.05) is 6.92 Å². The lowest BCUT2D eigenvalue weighted by Crippen LogP contribution is -2.31. The van der Waals surface area contributed by atoms with Crippen molar-refractivity contribution in [2.75, 3.05) is 27.4 Å². The van der Waals surface area contributed by atoms with Crippen molar-refractivity contribution >= 4 is 27.3 Å². The number of sulfone groups is 1. The molecule has 0 saturated heterocycles. The van der Waals surface area contributed by atoms with Crippen LogP contribution in [-0.2, 0) is 33.4 Å². The first-order valence-electron chi connectivity index (χ1n) is 10.7. The molecule has 10 heteroatoms. The normalized spacial score (nSPS) is 11.4. The van der Waals surface area contributed by atoms with Gasteiger partial charge in [0.15, 0.2) is 0 Å². The minimum Gasteiger partial charge on any atom is -0.497 e. The molecule has 1 aromatic heterocycles. The Morgan fingerprint density at radius 3 is 2.44 bits per heavy atom. The zero-order chi connectivity index (χ0) is 24.7. The lowest BCUT2D eigenvalue weighted by atomic mass is 10.2. The second kappa shape index (κ2) is 11.5. The van der Waals surface area contributed by atoms with Gasteiger partial charge in [0, 0.05) is 30.8 Å². The third-order valence-corrected chi connectivity index (χ3v) is 7.30. The maximum atomic E-state index is 13.2. The fraction of sp³-hybridized carbons (Fsp3) is 0.333. The van der Waals surface area contributed by atoms with Gasteiger partial charge in [0.05, 0.1) is 37.9 Å². The molecule has 0 aliphatic heterocycles. The number of methoxy groups -OCH3 is 2. The zero-order valence-corrected chi connectivity index (χ0v) is 21.0. The Morgan fingerprint density at radius 1 is 1.12 bits per heavy atom. The first-order valence-corrected chi connectivity index (χ1v) is 12.8. The van der Waals surface area contributed by atoms with Crippen molar-refractivity contribution in [2.45, 2.75) is 30.9 Å². The van der Waals surface area contributed by atoms with Crippen molar-refractivity contribution in [3.8, 4) is 5.75 Å². The Bertz CT molecular complexity index is 1230. The highest BCUT2D eigenvalue weighted by molar-refractivity contribution is 7.90. The first kappa shape index (κ1) is 25.7. The van der Waals surface area contributed by atoms with E-state index in [0.717, 1.165) is 0 Å². The van der Waals surface area contributed by atoms with Crippen molar-refractivity contribution < 1.29 is 22.7 Å². The standard InChI is InChI=1S/C24H28ClN3O5S/c1-4-27(23(29)18-9-11-21(33-3)12-10-18)16-20-15-26-24(28(20)13-14-32-2)34(30,31)17-19-7-5-6-8-22(19)25/h5-12,15H,4,13-14,16-17H2,1-3H3. The summed E-state index contributed by atoms with van der Waals surface area (Å²) in [5.41, 5.74) is 1.60. The minimum atomic E-state index is -3.80. The number of carbonyl (C=O) groups is 1. The van der Waals surface area contributed by atoms with Gasteiger partial charge in [-0.25, -0.2) is 13.4 Å². The quantitative estimate of drug-likeness (QED) is 0.393. The summed E-state index contributed by atoms with van der Waals surface area (Å²) in [6.45, 7) is 3.06. The Kier molecular flexibility index (Phi) is 8.71. The second-order valence-electron chi connectivity index (χ2n) is 7.57. The third kappa shape index (κ3) is 5.97. The molecule has 2 aromatic carbocycles. The van der Waals surface area contributed by atoms with E-state index in [1.54, 1.807) is 72.2 Å². The third-order valence-electron chi connectivity index (χ3n) is 5.36. The highest BCUT2D eigenvalue weighted by atomic mass is 35.5. The average Bonchev–Trinajstić information content (AvgIpc) is 3.25.